The number of hydrogen-bond acceptors (Lipinski definition) is 2. The van der Waals surface area contributed by atoms with E-state index < -0.39 is 0 Å². The van der Waals surface area contributed by atoms with Crippen LogP contribution in [-0.2, 0) is 7.05 Å². The maximum absolute atomic E-state index is 11.5. The molecule has 82 valence electrons. The fraction of sp³-hybridized carbons (Fsp3) is 0.0909. The van der Waals surface area contributed by atoms with Crippen LogP contribution in [0.5, 0.6) is 0 Å². The molecule has 0 aliphatic carbocycles. The van der Waals surface area contributed by atoms with Gasteiger partial charge in [-0.25, -0.2) is 4.98 Å². The summed E-state index contributed by atoms with van der Waals surface area (Å²) >= 11 is 11.8. The van der Waals surface area contributed by atoms with Crippen molar-refractivity contribution in [1.29, 1.82) is 0 Å². The van der Waals surface area contributed by atoms with E-state index in [2.05, 4.69) is 4.98 Å². The Morgan fingerprint density at radius 2 is 1.94 bits per heavy atom. The molecular formula is C11H8Cl2N2O. The molecule has 0 aliphatic heterocycles. The van der Waals surface area contributed by atoms with E-state index in [4.69, 9.17) is 23.2 Å². The van der Waals surface area contributed by atoms with E-state index in [1.54, 1.807) is 19.2 Å². The minimum atomic E-state index is -0.213. The zero-order chi connectivity index (χ0) is 11.7. The summed E-state index contributed by atoms with van der Waals surface area (Å²) in [6.45, 7) is 0. The summed E-state index contributed by atoms with van der Waals surface area (Å²) in [7, 11) is 1.56. The zero-order valence-corrected chi connectivity index (χ0v) is 9.96. The normalized spacial score (nSPS) is 10.4. The fourth-order valence-corrected chi connectivity index (χ4v) is 1.73. The van der Waals surface area contributed by atoms with Crippen LogP contribution in [0.1, 0.15) is 0 Å². The number of halogens is 2. The molecule has 0 spiro atoms. The summed E-state index contributed by atoms with van der Waals surface area (Å²) in [4.78, 5) is 15.6. The molecule has 0 saturated carbocycles. The second-order valence-electron chi connectivity index (χ2n) is 3.29. The zero-order valence-electron chi connectivity index (χ0n) is 8.45. The van der Waals surface area contributed by atoms with Crippen molar-refractivity contribution in [2.45, 2.75) is 0 Å². The Balaban J connectivity index is 2.67. The molecule has 2 rings (SSSR count). The van der Waals surface area contributed by atoms with Gasteiger partial charge in [-0.3, -0.25) is 9.36 Å². The van der Waals surface area contributed by atoms with Gasteiger partial charge >= 0.3 is 0 Å². The van der Waals surface area contributed by atoms with E-state index in [0.29, 0.717) is 16.3 Å². The monoisotopic (exact) mass is 254 g/mol. The molecule has 1 aromatic carbocycles. The van der Waals surface area contributed by atoms with Gasteiger partial charge in [-0.05, 0) is 17.7 Å². The van der Waals surface area contributed by atoms with Crippen LogP contribution >= 0.6 is 23.2 Å². The van der Waals surface area contributed by atoms with Crippen molar-refractivity contribution >= 4 is 23.2 Å². The standard InChI is InChI=1S/C11H8Cl2N2O/c1-15-10(16)6-9(14-11(15)13)7-4-2-3-5-8(7)12/h2-6H,1H3. The third-order valence-electron chi connectivity index (χ3n) is 2.23. The van der Waals surface area contributed by atoms with Gasteiger partial charge in [0.2, 0.25) is 5.28 Å². The molecule has 0 amide bonds. The maximum Gasteiger partial charge on any atom is 0.254 e. The average Bonchev–Trinajstić information content (AvgIpc) is 2.26. The highest BCUT2D eigenvalue weighted by Crippen LogP contribution is 2.25. The first kappa shape index (κ1) is 11.2. The summed E-state index contributed by atoms with van der Waals surface area (Å²) in [6, 6.07) is 8.58. The van der Waals surface area contributed by atoms with Crippen LogP contribution in [0.3, 0.4) is 0 Å². The lowest BCUT2D eigenvalue weighted by atomic mass is 10.1. The van der Waals surface area contributed by atoms with Gasteiger partial charge in [-0.15, -0.1) is 0 Å². The van der Waals surface area contributed by atoms with E-state index in [1.807, 2.05) is 12.1 Å². The smallest absolute Gasteiger partial charge is 0.254 e. The van der Waals surface area contributed by atoms with Gasteiger partial charge in [0.05, 0.1) is 5.69 Å². The molecule has 0 fully saturated rings. The number of benzene rings is 1. The van der Waals surface area contributed by atoms with Crippen molar-refractivity contribution in [3.05, 3.63) is 51.0 Å². The molecule has 0 atom stereocenters. The van der Waals surface area contributed by atoms with E-state index in [0.717, 1.165) is 0 Å². The number of hydrogen-bond donors (Lipinski definition) is 0. The molecule has 0 radical (unpaired) electrons. The van der Waals surface area contributed by atoms with Gasteiger partial charge in [-0.2, -0.15) is 0 Å². The van der Waals surface area contributed by atoms with Crippen LogP contribution in [0.15, 0.2) is 35.1 Å². The Bertz CT molecular complexity index is 593. The van der Waals surface area contributed by atoms with Crippen molar-refractivity contribution in [2.24, 2.45) is 7.05 Å². The minimum Gasteiger partial charge on any atom is -0.286 e. The highest BCUT2D eigenvalue weighted by molar-refractivity contribution is 6.33. The molecule has 0 unspecified atom stereocenters. The third-order valence-corrected chi connectivity index (χ3v) is 2.90. The Morgan fingerprint density at radius 1 is 1.25 bits per heavy atom. The summed E-state index contributed by atoms with van der Waals surface area (Å²) in [5.41, 5.74) is 0.970. The SMILES string of the molecule is Cn1c(Cl)nc(-c2ccccc2Cl)cc1=O. The van der Waals surface area contributed by atoms with Gasteiger partial charge in [0, 0.05) is 23.7 Å². The second kappa shape index (κ2) is 4.28. The molecule has 3 nitrogen and oxygen atoms in total. The van der Waals surface area contributed by atoms with Gasteiger partial charge in [0.25, 0.3) is 5.56 Å². The van der Waals surface area contributed by atoms with Crippen molar-refractivity contribution < 1.29 is 0 Å². The second-order valence-corrected chi connectivity index (χ2v) is 4.03. The molecule has 2 aromatic rings. The largest absolute Gasteiger partial charge is 0.286 e. The molecule has 16 heavy (non-hydrogen) atoms. The van der Waals surface area contributed by atoms with Crippen molar-refractivity contribution in [3.8, 4) is 11.3 Å². The quantitative estimate of drug-likeness (QED) is 0.734. The van der Waals surface area contributed by atoms with Crippen LogP contribution < -0.4 is 5.56 Å². The molecule has 0 aliphatic rings. The number of nitrogens with zero attached hydrogens (tertiary/aromatic N) is 2. The molecule has 1 aromatic heterocycles. The predicted octanol–water partition coefficient (Wildman–Crippen LogP) is 2.75. The van der Waals surface area contributed by atoms with E-state index >= 15 is 0 Å². The highest BCUT2D eigenvalue weighted by atomic mass is 35.5. The average molecular weight is 255 g/mol. The summed E-state index contributed by atoms with van der Waals surface area (Å²) in [5, 5.41) is 0.682. The Labute approximate surface area is 102 Å². The summed E-state index contributed by atoms with van der Waals surface area (Å²) in [5.74, 6) is 0. The van der Waals surface area contributed by atoms with Crippen molar-refractivity contribution in [1.82, 2.24) is 9.55 Å². The first-order chi connectivity index (χ1) is 7.59. The Kier molecular flexibility index (Phi) is 2.99. The van der Waals surface area contributed by atoms with E-state index in [-0.39, 0.29) is 10.8 Å². The number of aromatic nitrogens is 2. The highest BCUT2D eigenvalue weighted by Gasteiger charge is 2.08. The lowest BCUT2D eigenvalue weighted by Gasteiger charge is -2.05. The van der Waals surface area contributed by atoms with E-state index in [9.17, 15) is 4.79 Å². The lowest BCUT2D eigenvalue weighted by Crippen LogP contribution is -2.17. The van der Waals surface area contributed by atoms with Gasteiger partial charge in [0.15, 0.2) is 0 Å². The molecule has 1 heterocycles. The van der Waals surface area contributed by atoms with Gasteiger partial charge < -0.3 is 0 Å². The van der Waals surface area contributed by atoms with Crippen LogP contribution in [0.4, 0.5) is 0 Å². The molecule has 0 bridgehead atoms. The van der Waals surface area contributed by atoms with Gasteiger partial charge in [0.1, 0.15) is 0 Å². The lowest BCUT2D eigenvalue weighted by molar-refractivity contribution is 0.828. The third kappa shape index (κ3) is 1.96. The number of rotatable bonds is 1. The fourth-order valence-electron chi connectivity index (χ4n) is 1.32. The molecule has 0 saturated heterocycles. The predicted molar refractivity (Wildman–Crippen MR) is 64.9 cm³/mol. The minimum absolute atomic E-state index is 0.141. The van der Waals surface area contributed by atoms with Crippen LogP contribution in [-0.4, -0.2) is 9.55 Å². The van der Waals surface area contributed by atoms with Crippen molar-refractivity contribution in [2.75, 3.05) is 0 Å². The Morgan fingerprint density at radius 3 is 2.56 bits per heavy atom. The van der Waals surface area contributed by atoms with Crippen molar-refractivity contribution in [3.63, 3.8) is 0 Å². The topological polar surface area (TPSA) is 34.9 Å². The maximum atomic E-state index is 11.5. The molecular weight excluding hydrogens is 247 g/mol. The summed E-state index contributed by atoms with van der Waals surface area (Å²) in [6.07, 6.45) is 0. The molecule has 0 N–H and O–H groups in total. The summed E-state index contributed by atoms with van der Waals surface area (Å²) < 4.78 is 1.27. The van der Waals surface area contributed by atoms with E-state index in [1.165, 1.54) is 10.6 Å². The van der Waals surface area contributed by atoms with Crippen LogP contribution in [0.2, 0.25) is 10.3 Å². The van der Waals surface area contributed by atoms with Gasteiger partial charge in [-0.1, -0.05) is 29.8 Å². The Hall–Kier alpha value is -1.32. The van der Waals surface area contributed by atoms with Crippen LogP contribution in [0.25, 0.3) is 11.3 Å². The molecule has 5 heteroatoms. The van der Waals surface area contributed by atoms with Crippen LogP contribution in [0, 0.1) is 0 Å². The first-order valence-corrected chi connectivity index (χ1v) is 5.33. The first-order valence-electron chi connectivity index (χ1n) is 4.58.